The van der Waals surface area contributed by atoms with Gasteiger partial charge in [0.25, 0.3) is 5.91 Å². The minimum absolute atomic E-state index is 0.169. The van der Waals surface area contributed by atoms with Crippen molar-refractivity contribution in [3.63, 3.8) is 0 Å². The molecule has 28 heavy (non-hydrogen) atoms. The van der Waals surface area contributed by atoms with E-state index in [1.54, 1.807) is 31.2 Å². The van der Waals surface area contributed by atoms with Crippen molar-refractivity contribution < 1.29 is 9.18 Å². The molecule has 0 atom stereocenters. The summed E-state index contributed by atoms with van der Waals surface area (Å²) >= 11 is 0. The summed E-state index contributed by atoms with van der Waals surface area (Å²) in [6.07, 6.45) is 0. The molecular weight excluding hydrogens is 359 g/mol. The summed E-state index contributed by atoms with van der Waals surface area (Å²) in [5.41, 5.74) is 1.28. The summed E-state index contributed by atoms with van der Waals surface area (Å²) < 4.78 is 15.4. The van der Waals surface area contributed by atoms with Crippen LogP contribution in [0.5, 0.6) is 0 Å². The van der Waals surface area contributed by atoms with Gasteiger partial charge >= 0.3 is 0 Å². The highest BCUT2D eigenvalue weighted by Gasteiger charge is 2.18. The smallest absolute Gasteiger partial charge is 0.280 e. The van der Waals surface area contributed by atoms with Gasteiger partial charge in [0.05, 0.1) is 0 Å². The van der Waals surface area contributed by atoms with Crippen molar-refractivity contribution in [1.29, 1.82) is 0 Å². The Morgan fingerprint density at radius 3 is 2.54 bits per heavy atom. The van der Waals surface area contributed by atoms with Crippen LogP contribution < -0.4 is 10.7 Å². The number of aromatic nitrogens is 2. The van der Waals surface area contributed by atoms with Crippen molar-refractivity contribution in [2.75, 3.05) is 19.4 Å². The van der Waals surface area contributed by atoms with E-state index >= 15 is 0 Å². The van der Waals surface area contributed by atoms with Gasteiger partial charge in [-0.3, -0.25) is 9.59 Å². The topological polar surface area (TPSA) is 67.2 Å². The van der Waals surface area contributed by atoms with Crippen LogP contribution >= 0.6 is 0 Å². The summed E-state index contributed by atoms with van der Waals surface area (Å²) in [7, 11) is 3.85. The van der Waals surface area contributed by atoms with Crippen LogP contribution in [-0.4, -0.2) is 34.7 Å². The summed E-state index contributed by atoms with van der Waals surface area (Å²) in [5.74, 6) is -1.13. The molecular formula is C21H21FN4O2. The number of carbonyl (C=O) groups is 1. The van der Waals surface area contributed by atoms with Gasteiger partial charge in [-0.2, -0.15) is 5.10 Å². The zero-order valence-electron chi connectivity index (χ0n) is 15.9. The fraction of sp³-hybridized carbons (Fsp3) is 0.190. The van der Waals surface area contributed by atoms with Crippen LogP contribution in [0.4, 0.5) is 10.1 Å². The molecule has 0 saturated heterocycles. The molecule has 6 nitrogen and oxygen atoms in total. The quantitative estimate of drug-likeness (QED) is 0.739. The van der Waals surface area contributed by atoms with Gasteiger partial charge in [-0.1, -0.05) is 30.3 Å². The minimum atomic E-state index is -0.638. The monoisotopic (exact) mass is 380 g/mol. The average Bonchev–Trinajstić information content (AvgIpc) is 2.64. The van der Waals surface area contributed by atoms with Crippen LogP contribution in [-0.2, 0) is 6.54 Å². The Labute approximate surface area is 162 Å². The zero-order chi connectivity index (χ0) is 20.3. The second kappa shape index (κ2) is 8.14. The highest BCUT2D eigenvalue weighted by Crippen LogP contribution is 2.17. The first-order chi connectivity index (χ1) is 13.4. The molecule has 1 N–H and O–H groups in total. The molecule has 3 aromatic rings. The van der Waals surface area contributed by atoms with Crippen LogP contribution in [0.3, 0.4) is 0 Å². The third-order valence-electron chi connectivity index (χ3n) is 4.16. The van der Waals surface area contributed by atoms with Crippen LogP contribution in [0.25, 0.3) is 5.69 Å². The lowest BCUT2D eigenvalue weighted by Crippen LogP contribution is -2.27. The van der Waals surface area contributed by atoms with Crippen molar-refractivity contribution >= 4 is 11.6 Å². The highest BCUT2D eigenvalue weighted by molar-refractivity contribution is 6.03. The van der Waals surface area contributed by atoms with Gasteiger partial charge in [-0.25, -0.2) is 9.07 Å². The number of nitrogens with zero attached hydrogens (tertiary/aromatic N) is 3. The number of hydrogen-bond acceptors (Lipinski definition) is 4. The van der Waals surface area contributed by atoms with Gasteiger partial charge in [0.1, 0.15) is 11.5 Å². The molecule has 1 aromatic heterocycles. The van der Waals surface area contributed by atoms with Gasteiger partial charge in [0.2, 0.25) is 5.43 Å². The molecule has 0 aliphatic heterocycles. The number of benzene rings is 2. The molecule has 0 bridgehead atoms. The van der Waals surface area contributed by atoms with Crippen LogP contribution in [0, 0.1) is 12.7 Å². The van der Waals surface area contributed by atoms with E-state index in [0.29, 0.717) is 17.9 Å². The number of anilines is 1. The molecule has 0 unspecified atom stereocenters. The van der Waals surface area contributed by atoms with E-state index in [0.717, 1.165) is 5.56 Å². The Morgan fingerprint density at radius 2 is 1.82 bits per heavy atom. The van der Waals surface area contributed by atoms with Gasteiger partial charge in [0, 0.05) is 24.0 Å². The van der Waals surface area contributed by atoms with Crippen molar-refractivity contribution in [2.24, 2.45) is 0 Å². The number of amides is 1. The Bertz CT molecular complexity index is 1080. The van der Waals surface area contributed by atoms with E-state index < -0.39 is 17.2 Å². The number of aryl methyl sites for hydroxylation is 1. The summed E-state index contributed by atoms with van der Waals surface area (Å²) in [6.45, 7) is 2.26. The van der Waals surface area contributed by atoms with E-state index in [1.807, 2.05) is 31.1 Å². The molecule has 0 spiro atoms. The van der Waals surface area contributed by atoms with Crippen LogP contribution in [0.2, 0.25) is 0 Å². The SMILES string of the molecule is Cc1cc(=O)c(C(=O)Nc2ccccc2CN(C)C)nn1-c1ccccc1F. The molecule has 0 radical (unpaired) electrons. The number of rotatable bonds is 5. The molecule has 0 saturated carbocycles. The van der Waals surface area contributed by atoms with Crippen LogP contribution in [0.1, 0.15) is 21.7 Å². The zero-order valence-corrected chi connectivity index (χ0v) is 15.9. The molecule has 0 fully saturated rings. The maximum atomic E-state index is 14.2. The van der Waals surface area contributed by atoms with Crippen molar-refractivity contribution in [3.05, 3.63) is 87.6 Å². The molecule has 1 heterocycles. The summed E-state index contributed by atoms with van der Waals surface area (Å²) in [4.78, 5) is 27.1. The van der Waals surface area contributed by atoms with Gasteiger partial charge in [-0.05, 0) is 44.8 Å². The van der Waals surface area contributed by atoms with Gasteiger partial charge < -0.3 is 10.2 Å². The largest absolute Gasteiger partial charge is 0.320 e. The first-order valence-corrected chi connectivity index (χ1v) is 8.76. The summed E-state index contributed by atoms with van der Waals surface area (Å²) in [5, 5.41) is 6.88. The number of para-hydroxylation sites is 2. The molecule has 1 amide bonds. The highest BCUT2D eigenvalue weighted by atomic mass is 19.1. The lowest BCUT2D eigenvalue weighted by atomic mass is 10.1. The second-order valence-electron chi connectivity index (χ2n) is 6.71. The van der Waals surface area contributed by atoms with Gasteiger partial charge in [-0.15, -0.1) is 0 Å². The maximum Gasteiger partial charge on any atom is 0.280 e. The molecule has 7 heteroatoms. The number of carbonyl (C=O) groups excluding carboxylic acids is 1. The lowest BCUT2D eigenvalue weighted by molar-refractivity contribution is 0.101. The molecule has 0 aliphatic rings. The summed E-state index contributed by atoms with van der Waals surface area (Å²) in [6, 6.07) is 14.7. The Kier molecular flexibility index (Phi) is 5.65. The molecule has 2 aromatic carbocycles. The Balaban J connectivity index is 1.99. The number of halogens is 1. The van der Waals surface area contributed by atoms with E-state index in [9.17, 15) is 14.0 Å². The lowest BCUT2D eigenvalue weighted by Gasteiger charge is -2.15. The van der Waals surface area contributed by atoms with Crippen molar-refractivity contribution in [2.45, 2.75) is 13.5 Å². The minimum Gasteiger partial charge on any atom is -0.320 e. The van der Waals surface area contributed by atoms with E-state index in [2.05, 4.69) is 10.4 Å². The standard InChI is InChI=1S/C21H21FN4O2/c1-14-12-19(27)20(24-26(14)18-11-7-5-9-16(18)22)21(28)23-17-10-6-4-8-15(17)13-25(2)3/h4-12H,13H2,1-3H3,(H,23,28). The van der Waals surface area contributed by atoms with E-state index in [4.69, 9.17) is 0 Å². The Hall–Kier alpha value is -3.32. The second-order valence-corrected chi connectivity index (χ2v) is 6.71. The predicted molar refractivity (Wildman–Crippen MR) is 106 cm³/mol. The van der Waals surface area contributed by atoms with Crippen LogP contribution in [0.15, 0.2) is 59.4 Å². The number of nitrogens with one attached hydrogen (secondary N) is 1. The van der Waals surface area contributed by atoms with E-state index in [1.165, 1.54) is 22.9 Å². The molecule has 0 aliphatic carbocycles. The van der Waals surface area contributed by atoms with E-state index in [-0.39, 0.29) is 11.4 Å². The average molecular weight is 380 g/mol. The third-order valence-corrected chi connectivity index (χ3v) is 4.16. The number of hydrogen-bond donors (Lipinski definition) is 1. The molecule has 144 valence electrons. The maximum absolute atomic E-state index is 14.2. The first kappa shape index (κ1) is 19.4. The Morgan fingerprint density at radius 1 is 1.14 bits per heavy atom. The predicted octanol–water partition coefficient (Wildman–Crippen LogP) is 2.99. The van der Waals surface area contributed by atoms with Gasteiger partial charge in [0.15, 0.2) is 5.69 Å². The third kappa shape index (κ3) is 4.15. The van der Waals surface area contributed by atoms with Crippen molar-refractivity contribution in [3.8, 4) is 5.69 Å². The normalized spacial score (nSPS) is 10.9. The van der Waals surface area contributed by atoms with Crippen molar-refractivity contribution in [1.82, 2.24) is 14.7 Å². The fourth-order valence-corrected chi connectivity index (χ4v) is 2.87. The fourth-order valence-electron chi connectivity index (χ4n) is 2.87. The molecule has 3 rings (SSSR count). The first-order valence-electron chi connectivity index (χ1n) is 8.76.